The van der Waals surface area contributed by atoms with E-state index in [9.17, 15) is 42.1 Å². The molecule has 0 saturated carbocycles. The molecule has 54 heavy (non-hydrogen) atoms. The predicted octanol–water partition coefficient (Wildman–Crippen LogP) is 7.39. The number of nitrogens with one attached hydrogen (secondary N) is 1. The van der Waals surface area contributed by atoms with Crippen LogP contribution < -0.4 is 5.32 Å². The van der Waals surface area contributed by atoms with Gasteiger partial charge in [0.15, 0.2) is 29.6 Å². The Labute approximate surface area is 308 Å². The fourth-order valence-electron chi connectivity index (χ4n) is 6.43. The van der Waals surface area contributed by atoms with Gasteiger partial charge in [-0.2, -0.15) is 0 Å². The van der Waals surface area contributed by atoms with Crippen molar-refractivity contribution in [2.75, 3.05) is 20.1 Å². The van der Waals surface area contributed by atoms with Crippen LogP contribution in [0.4, 0.5) is 22.0 Å². The van der Waals surface area contributed by atoms with Gasteiger partial charge >= 0.3 is 0 Å². The molecule has 5 aromatic rings. The minimum atomic E-state index is -2.35. The van der Waals surface area contributed by atoms with Crippen LogP contribution in [0.25, 0.3) is 11.1 Å². The number of halogens is 5. The van der Waals surface area contributed by atoms with Gasteiger partial charge < -0.3 is 35.0 Å². The number of ether oxygens (including phenoxy) is 2. The third kappa shape index (κ3) is 8.61. The molecule has 0 radical (unpaired) electrons. The minimum Gasteiger partial charge on any atom is -0.508 e. The molecule has 13 heteroatoms. The van der Waals surface area contributed by atoms with Gasteiger partial charge in [-0.15, -0.1) is 0 Å². The largest absolute Gasteiger partial charge is 0.508 e. The smallest absolute Gasteiger partial charge is 0.257 e. The molecule has 1 saturated heterocycles. The maximum Gasteiger partial charge on any atom is 0.257 e. The molecule has 0 unspecified atom stereocenters. The number of carbonyl (C=O) groups excluding carboxylic acids is 1. The Balaban J connectivity index is 1.19. The molecular formula is C41H37F5N2O6. The van der Waals surface area contributed by atoms with E-state index in [0.29, 0.717) is 40.8 Å². The van der Waals surface area contributed by atoms with E-state index in [2.05, 4.69) is 5.32 Å². The SMILES string of the molecule is CN(C[C@H]1C[C@@H](c2ccc(CO)cc2)O[C@@H](c2ccc(-c3ccccc3CNC(=O)c3c(F)c(F)c(F)c(F)c3F)cc2)O1)C[C@@H](O)c1cccc(O)c1. The maximum atomic E-state index is 14.2. The molecule has 1 fully saturated rings. The first-order valence-electron chi connectivity index (χ1n) is 17.1. The first-order valence-corrected chi connectivity index (χ1v) is 17.1. The van der Waals surface area contributed by atoms with Crippen molar-refractivity contribution in [1.29, 1.82) is 0 Å². The number of aliphatic hydroxyl groups is 2. The quantitative estimate of drug-likeness (QED) is 0.0599. The van der Waals surface area contributed by atoms with E-state index in [-0.39, 0.29) is 37.7 Å². The van der Waals surface area contributed by atoms with E-state index in [0.717, 1.165) is 11.1 Å². The van der Waals surface area contributed by atoms with Crippen LogP contribution in [0.3, 0.4) is 0 Å². The lowest BCUT2D eigenvalue weighted by molar-refractivity contribution is -0.252. The topological polar surface area (TPSA) is 111 Å². The van der Waals surface area contributed by atoms with Gasteiger partial charge in [0.2, 0.25) is 5.82 Å². The second-order valence-electron chi connectivity index (χ2n) is 13.1. The number of aromatic hydroxyl groups is 1. The summed E-state index contributed by atoms with van der Waals surface area (Å²) < 4.78 is 82.4. The number of carbonyl (C=O) groups is 1. The van der Waals surface area contributed by atoms with E-state index < -0.39 is 53.0 Å². The molecule has 5 aromatic carbocycles. The number of phenols is 1. The zero-order valence-corrected chi connectivity index (χ0v) is 29.0. The fourth-order valence-corrected chi connectivity index (χ4v) is 6.43. The molecule has 4 N–H and O–H groups in total. The molecule has 1 aliphatic heterocycles. The van der Waals surface area contributed by atoms with Crippen LogP contribution >= 0.6 is 0 Å². The number of phenolic OH excluding ortho intramolecular Hbond substituents is 1. The normalized spacial score (nSPS) is 17.8. The highest BCUT2D eigenvalue weighted by atomic mass is 19.2. The lowest BCUT2D eigenvalue weighted by Gasteiger charge is -2.38. The monoisotopic (exact) mass is 748 g/mol. The van der Waals surface area contributed by atoms with Gasteiger partial charge in [-0.05, 0) is 52.6 Å². The molecule has 1 aliphatic rings. The molecule has 1 amide bonds. The van der Waals surface area contributed by atoms with Crippen LogP contribution in [0.15, 0.2) is 97.1 Å². The average molecular weight is 749 g/mol. The molecule has 282 valence electrons. The number of hydrogen-bond donors (Lipinski definition) is 4. The first kappa shape index (κ1) is 38.5. The highest BCUT2D eigenvalue weighted by Gasteiger charge is 2.33. The molecule has 4 atom stereocenters. The standard InChI is InChI=1S/C41H37F5N2O6/c1-48(21-32(51)27-6-4-7-29(50)17-27)20-30-18-33(25-11-9-23(22-49)10-12-25)54-41(53-30)26-15-13-24(14-16-26)31-8-3-2-5-28(31)19-47-40(52)34-35(42)37(44)39(46)38(45)36(34)43/h2-17,30,32-33,41,49-51H,18-22H2,1H3,(H,47,52)/t30-,32-,33+,41+/m1/s1. The number of likely N-dealkylation sites (N-methyl/N-ethyl adjacent to an activating group) is 1. The Hall–Kier alpha value is -5.18. The van der Waals surface area contributed by atoms with Crippen molar-refractivity contribution in [1.82, 2.24) is 10.2 Å². The summed E-state index contributed by atoms with van der Waals surface area (Å²) in [5, 5.41) is 32.5. The van der Waals surface area contributed by atoms with Crippen LogP contribution in [-0.4, -0.2) is 52.4 Å². The van der Waals surface area contributed by atoms with Gasteiger partial charge in [-0.25, -0.2) is 22.0 Å². The number of nitrogens with zero attached hydrogens (tertiary/aromatic N) is 1. The predicted molar refractivity (Wildman–Crippen MR) is 188 cm³/mol. The zero-order chi connectivity index (χ0) is 38.5. The van der Waals surface area contributed by atoms with Gasteiger partial charge in [0.25, 0.3) is 5.91 Å². The van der Waals surface area contributed by atoms with Crippen LogP contribution in [0, 0.1) is 29.1 Å². The summed E-state index contributed by atoms with van der Waals surface area (Å²) in [5.74, 6) is -12.6. The Morgan fingerprint density at radius 1 is 0.833 bits per heavy atom. The molecule has 6 rings (SSSR count). The van der Waals surface area contributed by atoms with Gasteiger partial charge in [0.05, 0.1) is 24.9 Å². The average Bonchev–Trinajstić information content (AvgIpc) is 3.18. The summed E-state index contributed by atoms with van der Waals surface area (Å²) in [5.41, 5.74) is 3.21. The highest BCUT2D eigenvalue weighted by Crippen LogP contribution is 2.39. The number of hydrogen-bond acceptors (Lipinski definition) is 7. The van der Waals surface area contributed by atoms with Crippen LogP contribution in [0.2, 0.25) is 0 Å². The number of rotatable bonds is 12. The molecular weight excluding hydrogens is 711 g/mol. The summed E-state index contributed by atoms with van der Waals surface area (Å²) in [6.07, 6.45) is -1.83. The molecule has 0 bridgehead atoms. The second kappa shape index (κ2) is 16.9. The third-order valence-electron chi connectivity index (χ3n) is 9.26. The summed E-state index contributed by atoms with van der Waals surface area (Å²) in [6.45, 7) is 0.348. The van der Waals surface area contributed by atoms with Crippen molar-refractivity contribution in [3.05, 3.63) is 160 Å². The van der Waals surface area contributed by atoms with Crippen molar-refractivity contribution >= 4 is 5.91 Å². The van der Waals surface area contributed by atoms with E-state index in [4.69, 9.17) is 9.47 Å². The van der Waals surface area contributed by atoms with Crippen molar-refractivity contribution in [2.24, 2.45) is 0 Å². The third-order valence-corrected chi connectivity index (χ3v) is 9.26. The Bertz CT molecular complexity index is 2070. The van der Waals surface area contributed by atoms with Crippen molar-refractivity contribution < 1.29 is 51.5 Å². The van der Waals surface area contributed by atoms with Crippen molar-refractivity contribution in [3.8, 4) is 16.9 Å². The van der Waals surface area contributed by atoms with Gasteiger partial charge in [-0.3, -0.25) is 4.79 Å². The van der Waals surface area contributed by atoms with E-state index in [1.54, 1.807) is 48.5 Å². The molecule has 0 aromatic heterocycles. The van der Waals surface area contributed by atoms with Crippen LogP contribution in [0.1, 0.15) is 63.1 Å². The van der Waals surface area contributed by atoms with Crippen LogP contribution in [0.5, 0.6) is 5.75 Å². The lowest BCUT2D eigenvalue weighted by atomic mass is 9.97. The number of benzene rings is 5. The van der Waals surface area contributed by atoms with E-state index >= 15 is 0 Å². The second-order valence-corrected chi connectivity index (χ2v) is 13.1. The number of aliphatic hydroxyl groups excluding tert-OH is 2. The molecule has 0 aliphatic carbocycles. The van der Waals surface area contributed by atoms with E-state index in [1.165, 1.54) is 12.1 Å². The minimum absolute atomic E-state index is 0.0620. The Morgan fingerprint density at radius 2 is 1.48 bits per heavy atom. The summed E-state index contributed by atoms with van der Waals surface area (Å²) in [4.78, 5) is 14.6. The van der Waals surface area contributed by atoms with Gasteiger partial charge in [0, 0.05) is 31.6 Å². The highest BCUT2D eigenvalue weighted by molar-refractivity contribution is 5.95. The van der Waals surface area contributed by atoms with Crippen molar-refractivity contribution in [3.63, 3.8) is 0 Å². The zero-order valence-electron chi connectivity index (χ0n) is 29.0. The van der Waals surface area contributed by atoms with Gasteiger partial charge in [-0.1, -0.05) is 84.9 Å². The summed E-state index contributed by atoms with van der Waals surface area (Å²) in [7, 11) is 1.86. The first-order chi connectivity index (χ1) is 25.9. The maximum absolute atomic E-state index is 14.2. The molecule has 0 spiro atoms. The van der Waals surface area contributed by atoms with E-state index in [1.807, 2.05) is 48.3 Å². The lowest BCUT2D eigenvalue weighted by Crippen LogP contribution is -2.39. The Morgan fingerprint density at radius 3 is 2.15 bits per heavy atom. The molecule has 1 heterocycles. The van der Waals surface area contributed by atoms with Crippen LogP contribution in [-0.2, 0) is 22.6 Å². The Kier molecular flexibility index (Phi) is 12.0. The summed E-state index contributed by atoms with van der Waals surface area (Å²) >= 11 is 0. The summed E-state index contributed by atoms with van der Waals surface area (Å²) in [6, 6.07) is 28.0. The van der Waals surface area contributed by atoms with Crippen molar-refractivity contribution in [2.45, 2.75) is 44.2 Å². The molecule has 8 nitrogen and oxygen atoms in total. The fraction of sp³-hybridized carbons (Fsp3) is 0.244. The van der Waals surface area contributed by atoms with Gasteiger partial charge in [0.1, 0.15) is 11.3 Å². The number of amides is 1.